The van der Waals surface area contributed by atoms with E-state index in [1.54, 1.807) is 13.4 Å². The van der Waals surface area contributed by atoms with Crippen LogP contribution in [-0.2, 0) is 0 Å². The molecule has 0 bridgehead atoms. The molecule has 6 rings (SSSR count). The molecular formula is C30H32N6O. The van der Waals surface area contributed by atoms with Crippen molar-refractivity contribution < 1.29 is 4.74 Å². The molecule has 1 aliphatic rings. The largest absolute Gasteiger partial charge is 0.496 e. The molecule has 0 aliphatic carbocycles. The van der Waals surface area contributed by atoms with E-state index in [4.69, 9.17) is 14.7 Å². The number of fused-ring (bicyclic) bond motifs is 1. The standard InChI is InChI=1S/C30H32N6O/c1-18-5-7-21(8-6-18)25-16-24-29(34-25)31-17-32-30(24)36-13-11-22(12-14-36)28-33-20(3)27(35-28)23-9-10-26(37-4)19(2)15-23/h5-10,15-17,22H,11-14H2,1-4H3,(H,33,35)(H,31,32,34). The number of hydrogen-bond donors (Lipinski definition) is 2. The Labute approximate surface area is 217 Å². The quantitative estimate of drug-likeness (QED) is 0.299. The predicted molar refractivity (Wildman–Crippen MR) is 148 cm³/mol. The number of benzene rings is 2. The zero-order valence-electron chi connectivity index (χ0n) is 21.8. The number of nitrogens with zero attached hydrogens (tertiary/aromatic N) is 4. The van der Waals surface area contributed by atoms with Crippen LogP contribution >= 0.6 is 0 Å². The third-order valence-electron chi connectivity index (χ3n) is 7.53. The van der Waals surface area contributed by atoms with Crippen LogP contribution in [0.5, 0.6) is 5.75 Å². The van der Waals surface area contributed by atoms with Gasteiger partial charge in [-0.1, -0.05) is 29.8 Å². The van der Waals surface area contributed by atoms with Crippen molar-refractivity contribution in [2.24, 2.45) is 0 Å². The normalized spacial score (nSPS) is 14.4. The molecule has 7 heteroatoms. The van der Waals surface area contributed by atoms with Crippen molar-refractivity contribution in [3.05, 3.63) is 77.5 Å². The number of imidazole rings is 1. The fourth-order valence-electron chi connectivity index (χ4n) is 5.42. The monoisotopic (exact) mass is 492 g/mol. The van der Waals surface area contributed by atoms with Gasteiger partial charge in [0.25, 0.3) is 0 Å². The maximum atomic E-state index is 5.43. The zero-order chi connectivity index (χ0) is 25.5. The minimum Gasteiger partial charge on any atom is -0.496 e. The molecule has 188 valence electrons. The summed E-state index contributed by atoms with van der Waals surface area (Å²) in [7, 11) is 1.71. The molecule has 0 spiro atoms. The Hall–Kier alpha value is -4.13. The highest BCUT2D eigenvalue weighted by atomic mass is 16.5. The number of nitrogens with one attached hydrogen (secondary N) is 2. The molecule has 2 N–H and O–H groups in total. The van der Waals surface area contributed by atoms with Crippen molar-refractivity contribution in [1.82, 2.24) is 24.9 Å². The average molecular weight is 493 g/mol. The van der Waals surface area contributed by atoms with E-state index in [9.17, 15) is 0 Å². The van der Waals surface area contributed by atoms with E-state index in [2.05, 4.69) is 83.1 Å². The van der Waals surface area contributed by atoms with Crippen LogP contribution in [0.25, 0.3) is 33.5 Å². The Bertz CT molecular complexity index is 1560. The number of rotatable bonds is 5. The van der Waals surface area contributed by atoms with Gasteiger partial charge < -0.3 is 19.6 Å². The minimum atomic E-state index is 0.398. The predicted octanol–water partition coefficient (Wildman–Crippen LogP) is 6.33. The first-order valence-corrected chi connectivity index (χ1v) is 12.9. The van der Waals surface area contributed by atoms with Crippen molar-refractivity contribution in [3.8, 4) is 28.3 Å². The van der Waals surface area contributed by atoms with Gasteiger partial charge in [-0.25, -0.2) is 15.0 Å². The lowest BCUT2D eigenvalue weighted by Gasteiger charge is -2.32. The molecule has 2 aromatic carbocycles. The number of anilines is 1. The topological polar surface area (TPSA) is 82.7 Å². The van der Waals surface area contributed by atoms with E-state index >= 15 is 0 Å². The summed E-state index contributed by atoms with van der Waals surface area (Å²) in [6.07, 6.45) is 3.71. The Kier molecular flexibility index (Phi) is 5.91. The molecule has 1 fully saturated rings. The Morgan fingerprint density at radius 1 is 0.892 bits per heavy atom. The molecule has 1 saturated heterocycles. The number of aromatic amines is 2. The van der Waals surface area contributed by atoms with E-state index in [1.165, 1.54) is 5.56 Å². The van der Waals surface area contributed by atoms with E-state index in [0.29, 0.717) is 5.92 Å². The molecule has 37 heavy (non-hydrogen) atoms. The summed E-state index contributed by atoms with van der Waals surface area (Å²) in [4.78, 5) is 23.6. The molecule has 0 atom stereocenters. The van der Waals surface area contributed by atoms with Crippen LogP contribution in [0.15, 0.2) is 54.9 Å². The molecule has 0 saturated carbocycles. The zero-order valence-corrected chi connectivity index (χ0v) is 21.8. The average Bonchev–Trinajstić information content (AvgIpc) is 3.53. The van der Waals surface area contributed by atoms with Crippen LogP contribution < -0.4 is 9.64 Å². The fraction of sp³-hybridized carbons (Fsp3) is 0.300. The second-order valence-electron chi connectivity index (χ2n) is 10.0. The molecule has 0 radical (unpaired) electrons. The molecule has 0 amide bonds. The van der Waals surface area contributed by atoms with Crippen molar-refractivity contribution in [1.29, 1.82) is 0 Å². The lowest BCUT2D eigenvalue weighted by molar-refractivity contribution is 0.412. The molecule has 3 aromatic heterocycles. The van der Waals surface area contributed by atoms with Gasteiger partial charge in [0.1, 0.15) is 29.4 Å². The first kappa shape index (κ1) is 23.3. The van der Waals surface area contributed by atoms with Gasteiger partial charge in [0.2, 0.25) is 0 Å². The molecule has 0 unspecified atom stereocenters. The number of methoxy groups -OCH3 is 1. The van der Waals surface area contributed by atoms with Gasteiger partial charge in [-0.05, 0) is 69.0 Å². The molecule has 5 aromatic rings. The second kappa shape index (κ2) is 9.39. The van der Waals surface area contributed by atoms with E-state index in [-0.39, 0.29) is 0 Å². The lowest BCUT2D eigenvalue weighted by Crippen LogP contribution is -2.33. The summed E-state index contributed by atoms with van der Waals surface area (Å²) in [6, 6.07) is 17.0. The summed E-state index contributed by atoms with van der Waals surface area (Å²) >= 11 is 0. The highest BCUT2D eigenvalue weighted by Crippen LogP contribution is 2.35. The summed E-state index contributed by atoms with van der Waals surface area (Å²) in [6.45, 7) is 8.12. The number of aromatic nitrogens is 5. The van der Waals surface area contributed by atoms with E-state index < -0.39 is 0 Å². The number of aryl methyl sites for hydroxylation is 3. The summed E-state index contributed by atoms with van der Waals surface area (Å²) < 4.78 is 5.43. The van der Waals surface area contributed by atoms with Gasteiger partial charge in [0.15, 0.2) is 0 Å². The van der Waals surface area contributed by atoms with Crippen LogP contribution in [0, 0.1) is 20.8 Å². The van der Waals surface area contributed by atoms with Crippen molar-refractivity contribution in [2.75, 3.05) is 25.1 Å². The highest BCUT2D eigenvalue weighted by Gasteiger charge is 2.26. The SMILES string of the molecule is COc1ccc(-c2[nH]c(C3CCN(c4ncnc5[nH]c(-c6ccc(C)cc6)cc45)CC3)nc2C)cc1C. The molecule has 4 heterocycles. The lowest BCUT2D eigenvalue weighted by atomic mass is 9.96. The Morgan fingerprint density at radius 2 is 1.65 bits per heavy atom. The Morgan fingerprint density at radius 3 is 2.38 bits per heavy atom. The molecule has 7 nitrogen and oxygen atoms in total. The van der Waals surface area contributed by atoms with Crippen LogP contribution in [0.3, 0.4) is 0 Å². The number of piperidine rings is 1. The number of H-pyrrole nitrogens is 2. The van der Waals surface area contributed by atoms with Crippen molar-refractivity contribution in [2.45, 2.75) is 39.5 Å². The van der Waals surface area contributed by atoms with Crippen molar-refractivity contribution >= 4 is 16.9 Å². The first-order chi connectivity index (χ1) is 18.0. The summed E-state index contributed by atoms with van der Waals surface area (Å²) in [5.74, 6) is 3.38. The third kappa shape index (κ3) is 4.35. The smallest absolute Gasteiger partial charge is 0.143 e. The maximum absolute atomic E-state index is 5.43. The summed E-state index contributed by atoms with van der Waals surface area (Å²) in [5.41, 5.74) is 8.75. The fourth-order valence-corrected chi connectivity index (χ4v) is 5.42. The van der Waals surface area contributed by atoms with E-state index in [0.717, 1.165) is 88.1 Å². The van der Waals surface area contributed by atoms with Gasteiger partial charge in [-0.3, -0.25) is 0 Å². The molecular weight excluding hydrogens is 460 g/mol. The number of ether oxygens (including phenoxy) is 1. The van der Waals surface area contributed by atoms with E-state index in [1.807, 2.05) is 6.07 Å². The Balaban J connectivity index is 1.20. The van der Waals surface area contributed by atoms with Gasteiger partial charge >= 0.3 is 0 Å². The van der Waals surface area contributed by atoms with Crippen LogP contribution in [0.1, 0.15) is 41.4 Å². The first-order valence-electron chi connectivity index (χ1n) is 12.9. The van der Waals surface area contributed by atoms with Crippen LogP contribution in [-0.4, -0.2) is 45.1 Å². The van der Waals surface area contributed by atoms with Crippen LogP contribution in [0.4, 0.5) is 5.82 Å². The van der Waals surface area contributed by atoms with Crippen LogP contribution in [0.2, 0.25) is 0 Å². The third-order valence-corrected chi connectivity index (χ3v) is 7.53. The van der Waals surface area contributed by atoms with Gasteiger partial charge in [0, 0.05) is 30.3 Å². The second-order valence-corrected chi connectivity index (χ2v) is 10.0. The van der Waals surface area contributed by atoms with Gasteiger partial charge in [-0.15, -0.1) is 0 Å². The number of hydrogen-bond acceptors (Lipinski definition) is 5. The molecule has 1 aliphatic heterocycles. The summed E-state index contributed by atoms with van der Waals surface area (Å²) in [5, 5.41) is 1.07. The highest BCUT2D eigenvalue weighted by molar-refractivity contribution is 5.92. The van der Waals surface area contributed by atoms with Gasteiger partial charge in [0.05, 0.1) is 23.9 Å². The minimum absolute atomic E-state index is 0.398. The maximum Gasteiger partial charge on any atom is 0.143 e. The van der Waals surface area contributed by atoms with Crippen molar-refractivity contribution in [3.63, 3.8) is 0 Å². The van der Waals surface area contributed by atoms with Gasteiger partial charge in [-0.2, -0.15) is 0 Å².